The molecule has 4 atom stereocenters. The number of thioether (sulfide) groups is 1. The van der Waals surface area contributed by atoms with Crippen molar-refractivity contribution in [3.63, 3.8) is 0 Å². The number of carboxylic acids is 1. The highest BCUT2D eigenvalue weighted by molar-refractivity contribution is 8.04. The van der Waals surface area contributed by atoms with E-state index in [0.717, 1.165) is 19.3 Å². The first-order valence-corrected chi connectivity index (χ1v) is 8.39. The predicted molar refractivity (Wildman–Crippen MR) is 83.6 cm³/mol. The van der Waals surface area contributed by atoms with Crippen LogP contribution in [0, 0.1) is 5.92 Å². The monoisotopic (exact) mass is 329 g/mol. The number of nitrogens with zero attached hydrogens (tertiary/aromatic N) is 1. The summed E-state index contributed by atoms with van der Waals surface area (Å²) in [4.78, 5) is 25.4. The standard InChI is InChI=1S/C14H23N3O4S/c1-7(18)9-12(19)17-10(14(20)21)11(22-13(9)17)8(16)5-3-2-4-6-15/h7-9,13,18H,2-6,15-16H2,1H3,(H,20,21)/t7?,8-,9+,13-/m1/s1. The summed E-state index contributed by atoms with van der Waals surface area (Å²) >= 11 is 1.30. The minimum Gasteiger partial charge on any atom is -0.477 e. The first kappa shape index (κ1) is 17.3. The zero-order valence-electron chi connectivity index (χ0n) is 12.6. The van der Waals surface area contributed by atoms with E-state index in [9.17, 15) is 19.8 Å². The van der Waals surface area contributed by atoms with Crippen LogP contribution in [0.15, 0.2) is 10.6 Å². The Morgan fingerprint density at radius 3 is 2.64 bits per heavy atom. The van der Waals surface area contributed by atoms with Crippen LogP contribution in [0.5, 0.6) is 0 Å². The van der Waals surface area contributed by atoms with Crippen molar-refractivity contribution in [2.75, 3.05) is 6.54 Å². The molecule has 0 aliphatic carbocycles. The molecule has 0 spiro atoms. The molecular weight excluding hydrogens is 306 g/mol. The van der Waals surface area contributed by atoms with Crippen LogP contribution in [0.3, 0.4) is 0 Å². The Morgan fingerprint density at radius 1 is 1.41 bits per heavy atom. The third-order valence-electron chi connectivity index (χ3n) is 4.08. The van der Waals surface area contributed by atoms with E-state index in [1.165, 1.54) is 16.7 Å². The van der Waals surface area contributed by atoms with Crippen LogP contribution in [0.2, 0.25) is 0 Å². The molecule has 124 valence electrons. The van der Waals surface area contributed by atoms with Gasteiger partial charge in [-0.1, -0.05) is 24.6 Å². The van der Waals surface area contributed by atoms with E-state index < -0.39 is 24.0 Å². The SMILES string of the molecule is CC(O)[C@H]1C(=O)N2C(C(=O)O)=C([C@H](N)CCCCCN)S[C@H]12. The molecule has 1 saturated heterocycles. The molecule has 0 aromatic heterocycles. The molecule has 2 aliphatic rings. The molecule has 1 unspecified atom stereocenters. The van der Waals surface area contributed by atoms with Crippen molar-refractivity contribution in [1.82, 2.24) is 4.90 Å². The van der Waals surface area contributed by atoms with E-state index in [1.54, 1.807) is 6.92 Å². The van der Waals surface area contributed by atoms with E-state index in [0.29, 0.717) is 17.9 Å². The second-order valence-corrected chi connectivity index (χ2v) is 6.90. The van der Waals surface area contributed by atoms with Gasteiger partial charge in [-0.25, -0.2) is 4.79 Å². The fraction of sp³-hybridized carbons (Fsp3) is 0.714. The van der Waals surface area contributed by atoms with E-state index in [1.807, 2.05) is 0 Å². The number of rotatable bonds is 8. The summed E-state index contributed by atoms with van der Waals surface area (Å²) in [5, 5.41) is 18.7. The Kier molecular flexibility index (Phi) is 5.49. The van der Waals surface area contributed by atoms with Gasteiger partial charge in [0.15, 0.2) is 0 Å². The number of hydrogen-bond acceptors (Lipinski definition) is 6. The number of β-lactam (4-membered cyclic amide) rings is 1. The lowest BCUT2D eigenvalue weighted by Crippen LogP contribution is -2.60. The van der Waals surface area contributed by atoms with Gasteiger partial charge >= 0.3 is 5.97 Å². The van der Waals surface area contributed by atoms with Crippen LogP contribution >= 0.6 is 11.8 Å². The first-order chi connectivity index (χ1) is 10.4. The van der Waals surface area contributed by atoms with Gasteiger partial charge in [0.2, 0.25) is 5.91 Å². The minimum atomic E-state index is -1.14. The molecule has 2 heterocycles. The topological polar surface area (TPSA) is 130 Å². The summed E-state index contributed by atoms with van der Waals surface area (Å²) in [6, 6.07) is -0.401. The van der Waals surface area contributed by atoms with Crippen molar-refractivity contribution in [2.24, 2.45) is 17.4 Å². The molecule has 0 aromatic rings. The molecule has 2 rings (SSSR count). The Bertz CT molecular complexity index is 494. The van der Waals surface area contributed by atoms with Crippen LogP contribution in [0.25, 0.3) is 0 Å². The number of aliphatic hydroxyl groups excluding tert-OH is 1. The summed E-state index contributed by atoms with van der Waals surface area (Å²) in [7, 11) is 0. The predicted octanol–water partition coefficient (Wildman–Crippen LogP) is 0.0411. The normalized spacial score (nSPS) is 26.7. The van der Waals surface area contributed by atoms with E-state index in [2.05, 4.69) is 0 Å². The molecule has 0 saturated carbocycles. The molecule has 0 aromatic carbocycles. The van der Waals surface area contributed by atoms with Crippen LogP contribution in [0.4, 0.5) is 0 Å². The smallest absolute Gasteiger partial charge is 0.353 e. The lowest BCUT2D eigenvalue weighted by Gasteiger charge is -2.43. The lowest BCUT2D eigenvalue weighted by atomic mass is 9.92. The van der Waals surface area contributed by atoms with Gasteiger partial charge in [-0.15, -0.1) is 0 Å². The summed E-state index contributed by atoms with van der Waals surface area (Å²) in [6.45, 7) is 2.18. The number of nitrogens with two attached hydrogens (primary N) is 2. The number of aliphatic hydroxyl groups is 1. The van der Waals surface area contributed by atoms with Crippen molar-refractivity contribution >= 4 is 23.6 Å². The number of carbonyl (C=O) groups excluding carboxylic acids is 1. The van der Waals surface area contributed by atoms with Crippen molar-refractivity contribution in [3.8, 4) is 0 Å². The maximum atomic E-state index is 12.1. The quantitative estimate of drug-likeness (QED) is 0.365. The fourth-order valence-electron chi connectivity index (χ4n) is 2.89. The highest BCUT2D eigenvalue weighted by atomic mass is 32.2. The maximum absolute atomic E-state index is 12.1. The number of fused-ring (bicyclic) bond motifs is 1. The number of hydrogen-bond donors (Lipinski definition) is 4. The van der Waals surface area contributed by atoms with Crippen LogP contribution in [-0.2, 0) is 9.59 Å². The average molecular weight is 329 g/mol. The van der Waals surface area contributed by atoms with E-state index >= 15 is 0 Å². The van der Waals surface area contributed by atoms with Gasteiger partial charge in [-0.3, -0.25) is 9.69 Å². The molecule has 2 aliphatic heterocycles. The largest absolute Gasteiger partial charge is 0.477 e. The fourth-order valence-corrected chi connectivity index (χ4v) is 4.54. The van der Waals surface area contributed by atoms with Crippen LogP contribution in [0.1, 0.15) is 32.6 Å². The molecule has 6 N–H and O–H groups in total. The Labute approximate surface area is 133 Å². The van der Waals surface area contributed by atoms with Crippen molar-refractivity contribution in [2.45, 2.75) is 50.1 Å². The zero-order chi connectivity index (χ0) is 16.4. The maximum Gasteiger partial charge on any atom is 0.353 e. The number of aliphatic carboxylic acids is 1. The van der Waals surface area contributed by atoms with Gasteiger partial charge in [0, 0.05) is 10.9 Å². The molecule has 0 radical (unpaired) electrons. The molecule has 22 heavy (non-hydrogen) atoms. The zero-order valence-corrected chi connectivity index (χ0v) is 13.4. The number of amides is 1. The number of carbonyl (C=O) groups is 2. The van der Waals surface area contributed by atoms with Crippen LogP contribution in [-0.4, -0.2) is 51.1 Å². The van der Waals surface area contributed by atoms with Gasteiger partial charge in [-0.2, -0.15) is 0 Å². The molecule has 1 fully saturated rings. The van der Waals surface area contributed by atoms with Crippen molar-refractivity contribution in [3.05, 3.63) is 10.6 Å². The van der Waals surface area contributed by atoms with E-state index in [4.69, 9.17) is 11.5 Å². The number of carboxylic acid groups (broad SMARTS) is 1. The summed E-state index contributed by atoms with van der Waals surface area (Å²) in [5.74, 6) is -2.03. The highest BCUT2D eigenvalue weighted by Crippen LogP contribution is 2.51. The van der Waals surface area contributed by atoms with Crippen molar-refractivity contribution < 1.29 is 19.8 Å². The van der Waals surface area contributed by atoms with Crippen LogP contribution < -0.4 is 11.5 Å². The second-order valence-electron chi connectivity index (χ2n) is 5.75. The molecule has 8 heteroatoms. The van der Waals surface area contributed by atoms with Gasteiger partial charge in [-0.05, 0) is 26.3 Å². The molecule has 1 amide bonds. The lowest BCUT2D eigenvalue weighted by molar-refractivity contribution is -0.156. The highest BCUT2D eigenvalue weighted by Gasteiger charge is 2.58. The van der Waals surface area contributed by atoms with Gasteiger partial charge < -0.3 is 21.7 Å². The molecule has 7 nitrogen and oxygen atoms in total. The van der Waals surface area contributed by atoms with Gasteiger partial charge in [0.25, 0.3) is 0 Å². The summed E-state index contributed by atoms with van der Waals surface area (Å²) < 4.78 is 0. The first-order valence-electron chi connectivity index (χ1n) is 7.51. The molecular formula is C14H23N3O4S. The Hall–Kier alpha value is -1.09. The minimum absolute atomic E-state index is 0.0109. The third-order valence-corrected chi connectivity index (χ3v) is 5.58. The summed E-state index contributed by atoms with van der Waals surface area (Å²) in [6.07, 6.45) is 2.60. The number of unbranched alkanes of at least 4 members (excludes halogenated alkanes) is 2. The molecule has 0 bridgehead atoms. The average Bonchev–Trinajstić information content (AvgIpc) is 2.78. The third kappa shape index (κ3) is 3.01. The van der Waals surface area contributed by atoms with Gasteiger partial charge in [0.1, 0.15) is 11.1 Å². The Balaban J connectivity index is 2.09. The second kappa shape index (κ2) is 6.99. The van der Waals surface area contributed by atoms with Gasteiger partial charge in [0.05, 0.1) is 12.0 Å². The summed E-state index contributed by atoms with van der Waals surface area (Å²) in [5.41, 5.74) is 11.6. The van der Waals surface area contributed by atoms with Crippen molar-refractivity contribution in [1.29, 1.82) is 0 Å². The van der Waals surface area contributed by atoms with E-state index in [-0.39, 0.29) is 17.0 Å². The Morgan fingerprint density at radius 2 is 2.09 bits per heavy atom.